The molecule has 0 radical (unpaired) electrons. The lowest BCUT2D eigenvalue weighted by Crippen LogP contribution is -2.50. The molecule has 3 aliphatic rings. The molecule has 1 atom stereocenters. The number of likely N-dealkylation sites (tertiary alicyclic amines) is 1. The van der Waals surface area contributed by atoms with Crippen LogP contribution in [0.4, 0.5) is 35.5 Å². The predicted octanol–water partition coefficient (Wildman–Crippen LogP) is 6.97. The van der Waals surface area contributed by atoms with Gasteiger partial charge in [-0.25, -0.2) is 17.6 Å². The Morgan fingerprint density at radius 1 is 0.826 bits per heavy atom. The van der Waals surface area contributed by atoms with Crippen molar-refractivity contribution in [3.05, 3.63) is 65.2 Å². The van der Waals surface area contributed by atoms with Crippen molar-refractivity contribution in [3.8, 4) is 0 Å². The van der Waals surface area contributed by atoms with Crippen LogP contribution in [-0.4, -0.2) is 55.9 Å². The number of nitrogens with zero attached hydrogens (tertiary/aromatic N) is 1. The summed E-state index contributed by atoms with van der Waals surface area (Å²) in [6, 6.07) is 7.20. The van der Waals surface area contributed by atoms with Crippen molar-refractivity contribution < 1.29 is 58.6 Å². The molecule has 1 unspecified atom stereocenters. The Labute approximate surface area is 260 Å². The quantitative estimate of drug-likeness (QED) is 0.201. The van der Waals surface area contributed by atoms with E-state index in [9.17, 15) is 53.8 Å². The zero-order chi connectivity index (χ0) is 33.8. The molecule has 2 aromatic carbocycles. The van der Waals surface area contributed by atoms with Crippen LogP contribution < -0.4 is 0 Å². The average molecular weight is 680 g/mol. The lowest BCUT2D eigenvalue weighted by molar-refractivity contribution is -0.348. The van der Waals surface area contributed by atoms with Crippen LogP contribution >= 0.6 is 0 Å². The number of benzene rings is 2. The minimum absolute atomic E-state index is 0.231. The molecule has 2 saturated carbocycles. The van der Waals surface area contributed by atoms with E-state index in [4.69, 9.17) is 4.74 Å². The molecule has 0 aromatic heterocycles. The minimum Gasteiger partial charge on any atom is -0.385 e. The summed E-state index contributed by atoms with van der Waals surface area (Å²) in [5, 5.41) is 10.8. The first kappa shape index (κ1) is 34.1. The van der Waals surface area contributed by atoms with Gasteiger partial charge in [0, 0.05) is 18.7 Å². The molecule has 2 aliphatic carbocycles. The molecule has 1 saturated heterocycles. The number of amides is 1. The number of alkyl halides is 7. The van der Waals surface area contributed by atoms with Gasteiger partial charge in [-0.3, -0.25) is 4.79 Å². The van der Waals surface area contributed by atoms with Gasteiger partial charge < -0.3 is 14.7 Å². The second-order valence-electron chi connectivity index (χ2n) is 12.3. The topological polar surface area (TPSA) is 101 Å². The van der Waals surface area contributed by atoms with Crippen molar-refractivity contribution in [1.29, 1.82) is 0 Å². The van der Waals surface area contributed by atoms with Gasteiger partial charge in [0.2, 0.25) is 0 Å². The number of halogens is 7. The molecule has 0 spiro atoms. The number of hydrogen-bond acceptors (Lipinski definition) is 6. The van der Waals surface area contributed by atoms with Crippen LogP contribution in [0.3, 0.4) is 0 Å². The normalized spacial score (nSPS) is 22.7. The summed E-state index contributed by atoms with van der Waals surface area (Å²) in [5.74, 6) is -1.28. The molecule has 2 aromatic rings. The molecular weight excluding hydrogens is 647 g/mol. The largest absolute Gasteiger partial charge is 0.435 e. The van der Waals surface area contributed by atoms with E-state index in [1.807, 2.05) is 0 Å². The second-order valence-corrected chi connectivity index (χ2v) is 14.6. The van der Waals surface area contributed by atoms with Gasteiger partial charge in [-0.15, -0.1) is 0 Å². The van der Waals surface area contributed by atoms with Crippen molar-refractivity contribution >= 4 is 21.9 Å². The standard InChI is InChI=1S/C31H32F7NO6S/c32-29(30(33,34)35,31(36,37)38)22-12-10-21(11-13-22)28(46(43,44)24-9-4-8-23(18-24)27(42)14-5-15-27)16-17-39(19-28)26(41)45-25(40)20-6-2-1-3-7-20/h4,8-13,18,20,42H,1-3,5-7,14-17,19H2. The Balaban J connectivity index is 1.54. The highest BCUT2D eigenvalue weighted by molar-refractivity contribution is 7.92. The number of rotatable bonds is 6. The van der Waals surface area contributed by atoms with Gasteiger partial charge >= 0.3 is 30.1 Å². The predicted molar refractivity (Wildman–Crippen MR) is 149 cm³/mol. The summed E-state index contributed by atoms with van der Waals surface area (Å²) < 4.78 is 127. The zero-order valence-electron chi connectivity index (χ0n) is 24.5. The van der Waals surface area contributed by atoms with Crippen LogP contribution in [0.15, 0.2) is 53.4 Å². The first-order valence-electron chi connectivity index (χ1n) is 14.9. The molecule has 252 valence electrons. The molecule has 15 heteroatoms. The number of esters is 1. The Morgan fingerprint density at radius 2 is 1.43 bits per heavy atom. The van der Waals surface area contributed by atoms with E-state index in [1.54, 1.807) is 0 Å². The highest BCUT2D eigenvalue weighted by atomic mass is 32.2. The SMILES string of the molecule is O=C(OC(=O)N1CCC(c2ccc(C(F)(C(F)(F)F)C(F)(F)F)cc2)(S(=O)(=O)c2cccc(C3(O)CCC3)c2)C1)C1CCCCC1. The van der Waals surface area contributed by atoms with Gasteiger partial charge in [0.1, 0.15) is 4.75 Å². The van der Waals surface area contributed by atoms with Crippen molar-refractivity contribution in [2.45, 2.75) is 91.1 Å². The Hall–Kier alpha value is -3.20. The molecule has 1 heterocycles. The maximum Gasteiger partial charge on any atom is 0.435 e. The van der Waals surface area contributed by atoms with Crippen molar-refractivity contribution in [2.24, 2.45) is 5.92 Å². The number of sulfone groups is 1. The number of aliphatic hydroxyl groups is 1. The third-order valence-corrected chi connectivity index (χ3v) is 12.1. The van der Waals surface area contributed by atoms with Crippen LogP contribution in [0.2, 0.25) is 0 Å². The molecule has 1 N–H and O–H groups in total. The molecule has 7 nitrogen and oxygen atoms in total. The Bertz CT molecular complexity index is 1570. The average Bonchev–Trinajstić information content (AvgIpc) is 3.47. The highest BCUT2D eigenvalue weighted by Gasteiger charge is 2.73. The smallest absolute Gasteiger partial charge is 0.385 e. The Morgan fingerprint density at radius 3 is 1.98 bits per heavy atom. The molecule has 1 aliphatic heterocycles. The summed E-state index contributed by atoms with van der Waals surface area (Å²) in [4.78, 5) is 26.4. The third kappa shape index (κ3) is 5.67. The van der Waals surface area contributed by atoms with Crippen LogP contribution in [0.5, 0.6) is 0 Å². The fourth-order valence-electron chi connectivity index (χ4n) is 6.59. The summed E-state index contributed by atoms with van der Waals surface area (Å²) in [6.07, 6.45) is -9.32. The maximum atomic E-state index is 14.8. The van der Waals surface area contributed by atoms with Crippen molar-refractivity contribution in [3.63, 3.8) is 0 Å². The van der Waals surface area contributed by atoms with E-state index in [1.165, 1.54) is 24.3 Å². The van der Waals surface area contributed by atoms with Gasteiger partial charge in [0.05, 0.1) is 16.4 Å². The first-order chi connectivity index (χ1) is 21.4. The van der Waals surface area contributed by atoms with Crippen LogP contribution in [0.25, 0.3) is 0 Å². The van der Waals surface area contributed by atoms with Crippen molar-refractivity contribution in [2.75, 3.05) is 13.1 Å². The maximum absolute atomic E-state index is 14.8. The zero-order valence-corrected chi connectivity index (χ0v) is 25.3. The van der Waals surface area contributed by atoms with Gasteiger partial charge in [0.15, 0.2) is 9.84 Å². The third-order valence-electron chi connectivity index (χ3n) is 9.58. The summed E-state index contributed by atoms with van der Waals surface area (Å²) in [6.45, 7) is -0.960. The molecule has 3 fully saturated rings. The lowest BCUT2D eigenvalue weighted by atomic mass is 9.75. The van der Waals surface area contributed by atoms with E-state index in [2.05, 4.69) is 0 Å². The summed E-state index contributed by atoms with van der Waals surface area (Å²) >= 11 is 0. The summed E-state index contributed by atoms with van der Waals surface area (Å²) in [7, 11) is -4.62. The van der Waals surface area contributed by atoms with Gasteiger partial charge in [-0.1, -0.05) is 55.7 Å². The second kappa shape index (κ2) is 11.8. The number of hydrogen-bond donors (Lipinski definition) is 1. The van der Waals surface area contributed by atoms with Crippen molar-refractivity contribution in [1.82, 2.24) is 4.90 Å². The molecule has 0 bridgehead atoms. The van der Waals surface area contributed by atoms with Crippen LogP contribution in [0, 0.1) is 5.92 Å². The number of carbonyl (C=O) groups is 2. The molecule has 1 amide bonds. The molecule has 46 heavy (non-hydrogen) atoms. The molecule has 5 rings (SSSR count). The van der Waals surface area contributed by atoms with E-state index in [0.717, 1.165) is 24.2 Å². The van der Waals surface area contributed by atoms with Crippen LogP contribution in [-0.2, 0) is 35.4 Å². The fourth-order valence-corrected chi connectivity index (χ4v) is 8.71. The number of ether oxygens (including phenoxy) is 1. The Kier molecular flexibility index (Phi) is 8.76. The van der Waals surface area contributed by atoms with Crippen LogP contribution in [0.1, 0.15) is 74.5 Å². The van der Waals surface area contributed by atoms with Gasteiger partial charge in [-0.05, 0) is 61.8 Å². The van der Waals surface area contributed by atoms with E-state index in [-0.39, 0.29) is 35.6 Å². The lowest BCUT2D eigenvalue weighted by Gasteiger charge is -2.37. The molecular formula is C31H32F7NO6S. The first-order valence-corrected chi connectivity index (χ1v) is 16.4. The minimum atomic E-state index is -6.38. The van der Waals surface area contributed by atoms with Gasteiger partial charge in [0.25, 0.3) is 0 Å². The van der Waals surface area contributed by atoms with E-state index >= 15 is 0 Å². The summed E-state index contributed by atoms with van der Waals surface area (Å²) in [5.41, 5.74) is -8.81. The van der Waals surface area contributed by atoms with E-state index < -0.39 is 68.3 Å². The fraction of sp³-hybridized carbons (Fsp3) is 0.548. The van der Waals surface area contributed by atoms with Gasteiger partial charge in [-0.2, -0.15) is 26.3 Å². The van der Waals surface area contributed by atoms with E-state index in [0.29, 0.717) is 49.8 Å². The number of carbonyl (C=O) groups excluding carboxylic acids is 2. The monoisotopic (exact) mass is 679 g/mol. The highest BCUT2D eigenvalue weighted by Crippen LogP contribution is 2.54.